The lowest BCUT2D eigenvalue weighted by Gasteiger charge is -2.25. The van der Waals surface area contributed by atoms with E-state index in [1.54, 1.807) is 0 Å². The van der Waals surface area contributed by atoms with E-state index in [0.717, 1.165) is 25.9 Å². The molecule has 1 aliphatic heterocycles. The minimum Gasteiger partial charge on any atom is -0.315 e. The van der Waals surface area contributed by atoms with Gasteiger partial charge in [-0.25, -0.2) is 13.1 Å². The summed E-state index contributed by atoms with van der Waals surface area (Å²) in [4.78, 5) is 0. The van der Waals surface area contributed by atoms with Gasteiger partial charge in [-0.15, -0.1) is 12.4 Å². The molecule has 2 fully saturated rings. The molecule has 6 heteroatoms. The molecule has 1 unspecified atom stereocenters. The summed E-state index contributed by atoms with van der Waals surface area (Å²) in [6.45, 7) is 1.71. The molecular weight excluding hydrogens is 248 g/mol. The van der Waals surface area contributed by atoms with Crippen LogP contribution in [-0.2, 0) is 10.0 Å². The van der Waals surface area contributed by atoms with Crippen molar-refractivity contribution in [3.8, 4) is 0 Å². The van der Waals surface area contributed by atoms with E-state index in [4.69, 9.17) is 0 Å². The third-order valence-electron chi connectivity index (χ3n) is 3.43. The molecule has 96 valence electrons. The van der Waals surface area contributed by atoms with Crippen molar-refractivity contribution in [2.75, 3.05) is 18.8 Å². The molecule has 1 atom stereocenters. The third-order valence-corrected chi connectivity index (χ3v) is 4.89. The van der Waals surface area contributed by atoms with Crippen LogP contribution in [0.2, 0.25) is 0 Å². The zero-order chi connectivity index (χ0) is 10.7. The van der Waals surface area contributed by atoms with E-state index in [2.05, 4.69) is 10.0 Å². The Kier molecular flexibility index (Phi) is 5.50. The third kappa shape index (κ3) is 4.20. The maximum absolute atomic E-state index is 11.7. The Labute approximate surface area is 104 Å². The van der Waals surface area contributed by atoms with Gasteiger partial charge in [0.25, 0.3) is 0 Å². The van der Waals surface area contributed by atoms with Crippen molar-refractivity contribution in [1.82, 2.24) is 10.0 Å². The minimum absolute atomic E-state index is 0. The van der Waals surface area contributed by atoms with E-state index < -0.39 is 10.0 Å². The van der Waals surface area contributed by atoms with Gasteiger partial charge < -0.3 is 5.32 Å². The highest BCUT2D eigenvalue weighted by Gasteiger charge is 2.24. The maximum atomic E-state index is 11.7. The largest absolute Gasteiger partial charge is 0.315 e. The van der Waals surface area contributed by atoms with Crippen LogP contribution in [0.1, 0.15) is 32.1 Å². The van der Waals surface area contributed by atoms with Gasteiger partial charge in [0.15, 0.2) is 0 Å². The molecule has 4 nitrogen and oxygen atoms in total. The highest BCUT2D eigenvalue weighted by atomic mass is 35.5. The lowest BCUT2D eigenvalue weighted by atomic mass is 9.84. The Bertz CT molecular complexity index is 298. The summed E-state index contributed by atoms with van der Waals surface area (Å²) in [5, 5.41) is 3.16. The van der Waals surface area contributed by atoms with E-state index in [1.807, 2.05) is 0 Å². The molecule has 0 spiro atoms. The second-order valence-corrected chi connectivity index (χ2v) is 6.59. The summed E-state index contributed by atoms with van der Waals surface area (Å²) in [5.41, 5.74) is 0. The maximum Gasteiger partial charge on any atom is 0.211 e. The highest BCUT2D eigenvalue weighted by Crippen LogP contribution is 2.29. The van der Waals surface area contributed by atoms with Crippen LogP contribution in [0.4, 0.5) is 0 Å². The second-order valence-electron chi connectivity index (χ2n) is 4.71. The first kappa shape index (κ1) is 14.2. The van der Waals surface area contributed by atoms with Crippen molar-refractivity contribution < 1.29 is 8.42 Å². The van der Waals surface area contributed by atoms with Crippen LogP contribution in [-0.4, -0.2) is 33.3 Å². The van der Waals surface area contributed by atoms with E-state index in [9.17, 15) is 8.42 Å². The van der Waals surface area contributed by atoms with Crippen molar-refractivity contribution in [3.63, 3.8) is 0 Å². The number of sulfonamides is 1. The van der Waals surface area contributed by atoms with Gasteiger partial charge in [-0.05, 0) is 25.3 Å². The van der Waals surface area contributed by atoms with Crippen LogP contribution < -0.4 is 10.0 Å². The lowest BCUT2D eigenvalue weighted by molar-refractivity contribution is 0.307. The predicted molar refractivity (Wildman–Crippen MR) is 67.4 cm³/mol. The molecule has 2 rings (SSSR count). The van der Waals surface area contributed by atoms with Gasteiger partial charge in [0.05, 0.1) is 5.75 Å². The summed E-state index contributed by atoms with van der Waals surface area (Å²) < 4.78 is 26.2. The monoisotopic (exact) mass is 268 g/mol. The first-order valence-corrected chi connectivity index (χ1v) is 7.52. The van der Waals surface area contributed by atoms with Crippen molar-refractivity contribution in [3.05, 3.63) is 0 Å². The number of nitrogens with one attached hydrogen (secondary N) is 2. The van der Waals surface area contributed by atoms with Crippen LogP contribution >= 0.6 is 12.4 Å². The molecule has 2 aliphatic rings. The van der Waals surface area contributed by atoms with Crippen molar-refractivity contribution in [2.24, 2.45) is 5.92 Å². The molecule has 0 aromatic carbocycles. The van der Waals surface area contributed by atoms with Crippen molar-refractivity contribution in [1.29, 1.82) is 0 Å². The molecule has 0 aromatic rings. The average molecular weight is 269 g/mol. The smallest absolute Gasteiger partial charge is 0.211 e. The Morgan fingerprint density at radius 1 is 1.25 bits per heavy atom. The standard InChI is InChI=1S/C10H20N2O2S.ClH/c13-15(14,7-5-9-2-1-3-9)12-10-4-6-11-8-10;/h9-12H,1-8H2;1H. The molecule has 16 heavy (non-hydrogen) atoms. The zero-order valence-corrected chi connectivity index (χ0v) is 11.1. The van der Waals surface area contributed by atoms with Gasteiger partial charge in [0.2, 0.25) is 10.0 Å². The Balaban J connectivity index is 0.00000128. The first-order chi connectivity index (χ1) is 7.16. The molecule has 2 N–H and O–H groups in total. The molecule has 0 bridgehead atoms. The fraction of sp³-hybridized carbons (Fsp3) is 1.00. The van der Waals surface area contributed by atoms with Gasteiger partial charge in [0, 0.05) is 12.6 Å². The van der Waals surface area contributed by atoms with Gasteiger partial charge in [0.1, 0.15) is 0 Å². The summed E-state index contributed by atoms with van der Waals surface area (Å²) in [6.07, 6.45) is 5.49. The minimum atomic E-state index is -3.03. The number of rotatable bonds is 5. The molecule has 1 aliphatic carbocycles. The van der Waals surface area contributed by atoms with Crippen LogP contribution in [0.3, 0.4) is 0 Å². The predicted octanol–water partition coefficient (Wildman–Crippen LogP) is 0.880. The van der Waals surface area contributed by atoms with Crippen LogP contribution in [0, 0.1) is 5.92 Å². The van der Waals surface area contributed by atoms with Crippen molar-refractivity contribution in [2.45, 2.75) is 38.1 Å². The first-order valence-electron chi connectivity index (χ1n) is 5.86. The van der Waals surface area contributed by atoms with Crippen molar-refractivity contribution >= 4 is 22.4 Å². The topological polar surface area (TPSA) is 58.2 Å². The van der Waals surface area contributed by atoms with Gasteiger partial charge in [-0.3, -0.25) is 0 Å². The molecule has 0 radical (unpaired) electrons. The quantitative estimate of drug-likeness (QED) is 0.778. The zero-order valence-electron chi connectivity index (χ0n) is 9.44. The normalized spacial score (nSPS) is 26.1. The van der Waals surface area contributed by atoms with Crippen LogP contribution in [0.15, 0.2) is 0 Å². The lowest BCUT2D eigenvalue weighted by Crippen LogP contribution is -2.38. The van der Waals surface area contributed by atoms with Gasteiger partial charge in [-0.1, -0.05) is 19.3 Å². The highest BCUT2D eigenvalue weighted by molar-refractivity contribution is 7.89. The average Bonchev–Trinajstić information content (AvgIpc) is 2.52. The summed E-state index contributed by atoms with van der Waals surface area (Å²) in [6, 6.07) is 0.122. The number of halogens is 1. The Morgan fingerprint density at radius 3 is 2.50 bits per heavy atom. The van der Waals surface area contributed by atoms with Crippen LogP contribution in [0.5, 0.6) is 0 Å². The summed E-state index contributed by atoms with van der Waals surface area (Å²) in [7, 11) is -3.03. The Hall–Kier alpha value is 0.160. The van der Waals surface area contributed by atoms with Gasteiger partial charge >= 0.3 is 0 Å². The molecule has 0 amide bonds. The van der Waals surface area contributed by atoms with E-state index in [-0.39, 0.29) is 18.4 Å². The molecule has 1 saturated carbocycles. The fourth-order valence-electron chi connectivity index (χ4n) is 2.17. The number of hydrogen-bond acceptors (Lipinski definition) is 3. The number of hydrogen-bond donors (Lipinski definition) is 2. The van der Waals surface area contributed by atoms with E-state index in [1.165, 1.54) is 19.3 Å². The SMILES string of the molecule is Cl.O=S(=O)(CCC1CCC1)NC1CCNC1. The molecule has 0 aromatic heterocycles. The fourth-order valence-corrected chi connectivity index (χ4v) is 3.64. The van der Waals surface area contributed by atoms with Gasteiger partial charge in [-0.2, -0.15) is 0 Å². The molecular formula is C10H21ClN2O2S. The Morgan fingerprint density at radius 2 is 2.00 bits per heavy atom. The molecule has 1 saturated heterocycles. The van der Waals surface area contributed by atoms with E-state index >= 15 is 0 Å². The summed E-state index contributed by atoms with van der Waals surface area (Å²) >= 11 is 0. The second kappa shape index (κ2) is 6.19. The molecule has 1 heterocycles. The van der Waals surface area contributed by atoms with Crippen LogP contribution in [0.25, 0.3) is 0 Å². The summed E-state index contributed by atoms with van der Waals surface area (Å²) in [5.74, 6) is 0.983. The van der Waals surface area contributed by atoms with E-state index in [0.29, 0.717) is 11.7 Å².